The Morgan fingerprint density at radius 2 is 2.08 bits per heavy atom. The summed E-state index contributed by atoms with van der Waals surface area (Å²) in [5.74, 6) is -0.962. The first-order chi connectivity index (χ1) is 5.97. The van der Waals surface area contributed by atoms with Crippen molar-refractivity contribution in [1.29, 1.82) is 0 Å². The summed E-state index contributed by atoms with van der Waals surface area (Å²) in [7, 11) is -1.38. The van der Waals surface area contributed by atoms with Crippen LogP contribution >= 0.6 is 11.6 Å². The zero-order chi connectivity index (χ0) is 10.1. The molecule has 3 nitrogen and oxygen atoms in total. The van der Waals surface area contributed by atoms with E-state index in [1.165, 1.54) is 6.07 Å². The maximum absolute atomic E-state index is 13.0. The van der Waals surface area contributed by atoms with Crippen LogP contribution in [0, 0.1) is 12.9 Å². The molecular weight excluding hydrogens is 219 g/mol. The lowest BCUT2D eigenvalue weighted by atomic mass is 10.3. The molecule has 0 saturated heterocycles. The highest BCUT2D eigenvalue weighted by Crippen LogP contribution is 2.20. The van der Waals surface area contributed by atoms with Crippen molar-refractivity contribution in [3.8, 4) is 0 Å². The average molecular weight is 224 g/mol. The van der Waals surface area contributed by atoms with E-state index in [-0.39, 0.29) is 5.02 Å². The van der Waals surface area contributed by atoms with Gasteiger partial charge in [0.05, 0.1) is 7.11 Å². The van der Waals surface area contributed by atoms with E-state index < -0.39 is 20.8 Å². The summed E-state index contributed by atoms with van der Waals surface area (Å²) in [5.41, 5.74) is 0. The molecule has 0 heterocycles. The summed E-state index contributed by atoms with van der Waals surface area (Å²) in [4.78, 5) is -0.577. The first kappa shape index (κ1) is 10.4. The highest BCUT2D eigenvalue weighted by molar-refractivity contribution is 7.86. The Hall–Kier alpha value is -0.650. The monoisotopic (exact) mass is 223 g/mol. The fourth-order valence-corrected chi connectivity index (χ4v) is 1.56. The van der Waals surface area contributed by atoms with E-state index in [0.29, 0.717) is 0 Å². The molecule has 0 bridgehead atoms. The third kappa shape index (κ3) is 2.18. The van der Waals surface area contributed by atoms with E-state index in [4.69, 9.17) is 11.6 Å². The third-order valence-corrected chi connectivity index (χ3v) is 2.73. The van der Waals surface area contributed by atoms with Gasteiger partial charge >= 0.3 is 0 Å². The molecule has 1 radical (unpaired) electrons. The van der Waals surface area contributed by atoms with E-state index in [1.807, 2.05) is 0 Å². The Labute approximate surface area is 80.2 Å². The van der Waals surface area contributed by atoms with Crippen LogP contribution in [0.5, 0.6) is 0 Å². The Balaban J connectivity index is 3.33. The van der Waals surface area contributed by atoms with Crippen molar-refractivity contribution in [2.75, 3.05) is 0 Å². The number of rotatable bonds is 2. The van der Waals surface area contributed by atoms with Gasteiger partial charge in [-0.25, -0.2) is 4.39 Å². The molecule has 0 aromatic heterocycles. The summed E-state index contributed by atoms with van der Waals surface area (Å²) in [6, 6.07) is 3.14. The minimum atomic E-state index is -4.09. The van der Waals surface area contributed by atoms with Gasteiger partial charge in [-0.15, -0.1) is 0 Å². The molecule has 0 saturated carbocycles. The van der Waals surface area contributed by atoms with E-state index in [9.17, 15) is 12.8 Å². The van der Waals surface area contributed by atoms with Gasteiger partial charge in [-0.05, 0) is 18.2 Å². The number of halogens is 2. The van der Waals surface area contributed by atoms with Gasteiger partial charge in [0.25, 0.3) is 10.1 Å². The molecule has 0 aliphatic heterocycles. The molecule has 0 N–H and O–H groups in total. The van der Waals surface area contributed by atoms with Crippen LogP contribution in [-0.2, 0) is 14.3 Å². The van der Waals surface area contributed by atoms with Crippen LogP contribution in [0.15, 0.2) is 23.1 Å². The van der Waals surface area contributed by atoms with Gasteiger partial charge in [0.1, 0.15) is 10.7 Å². The topological polar surface area (TPSA) is 43.4 Å². The number of hydrogen-bond donors (Lipinski definition) is 0. The van der Waals surface area contributed by atoms with Crippen LogP contribution in [0.25, 0.3) is 0 Å². The zero-order valence-corrected chi connectivity index (χ0v) is 7.90. The van der Waals surface area contributed by atoms with Crippen LogP contribution < -0.4 is 0 Å². The van der Waals surface area contributed by atoms with Gasteiger partial charge in [-0.3, -0.25) is 4.18 Å². The Morgan fingerprint density at radius 1 is 1.46 bits per heavy atom. The summed E-state index contributed by atoms with van der Waals surface area (Å²) >= 11 is 5.42. The van der Waals surface area contributed by atoms with Gasteiger partial charge in [0.2, 0.25) is 0 Å². The highest BCUT2D eigenvalue weighted by atomic mass is 35.5. The molecule has 0 atom stereocenters. The molecule has 71 valence electrons. The quantitative estimate of drug-likeness (QED) is 0.720. The molecular formula is C7H5ClFO3S. The lowest BCUT2D eigenvalue weighted by Gasteiger charge is -2.01. The van der Waals surface area contributed by atoms with E-state index in [2.05, 4.69) is 11.3 Å². The molecule has 0 amide bonds. The molecule has 0 unspecified atom stereocenters. The molecule has 0 aliphatic rings. The fraction of sp³-hybridized carbons (Fsp3) is 0. The van der Waals surface area contributed by atoms with Crippen molar-refractivity contribution < 1.29 is 17.0 Å². The minimum absolute atomic E-state index is 0.112. The Bertz CT molecular complexity index is 416. The van der Waals surface area contributed by atoms with Crippen LogP contribution in [0.2, 0.25) is 5.02 Å². The summed E-state index contributed by atoms with van der Waals surface area (Å²) in [6.45, 7) is 0. The summed E-state index contributed by atoms with van der Waals surface area (Å²) < 4.78 is 38.8. The third-order valence-electron chi connectivity index (χ3n) is 1.32. The Kier molecular flexibility index (Phi) is 2.90. The standard InChI is InChI=1S/C7H5ClFO3S/c1-12-13(10,11)7-3-2-5(8)4-6(7)9/h2-4H,1H2. The normalized spacial score (nSPS) is 11.6. The predicted octanol–water partition coefficient (Wildman–Crippen LogP) is 1.98. The SMILES string of the molecule is [CH2]OS(=O)(=O)c1ccc(Cl)cc1F. The predicted molar refractivity (Wildman–Crippen MR) is 45.0 cm³/mol. The molecule has 13 heavy (non-hydrogen) atoms. The number of hydrogen-bond acceptors (Lipinski definition) is 3. The maximum Gasteiger partial charge on any atom is 0.299 e. The highest BCUT2D eigenvalue weighted by Gasteiger charge is 2.18. The van der Waals surface area contributed by atoms with Crippen molar-refractivity contribution in [2.24, 2.45) is 0 Å². The lowest BCUT2D eigenvalue weighted by Crippen LogP contribution is -2.04. The minimum Gasteiger partial charge on any atom is -0.264 e. The molecule has 0 aliphatic carbocycles. The van der Waals surface area contributed by atoms with Gasteiger partial charge in [0, 0.05) is 5.02 Å². The maximum atomic E-state index is 13.0. The van der Waals surface area contributed by atoms with Crippen molar-refractivity contribution in [1.82, 2.24) is 0 Å². The average Bonchev–Trinajstić information content (AvgIpc) is 2.03. The molecule has 1 aromatic carbocycles. The summed E-state index contributed by atoms with van der Waals surface area (Å²) in [6.07, 6.45) is 0. The van der Waals surface area contributed by atoms with Crippen molar-refractivity contribution in [2.45, 2.75) is 4.90 Å². The van der Waals surface area contributed by atoms with Gasteiger partial charge < -0.3 is 0 Å². The second-order valence-electron chi connectivity index (χ2n) is 2.15. The van der Waals surface area contributed by atoms with Crippen LogP contribution in [-0.4, -0.2) is 8.42 Å². The van der Waals surface area contributed by atoms with Crippen LogP contribution in [0.3, 0.4) is 0 Å². The fourth-order valence-electron chi connectivity index (χ4n) is 0.741. The smallest absolute Gasteiger partial charge is 0.264 e. The molecule has 0 spiro atoms. The van der Waals surface area contributed by atoms with Crippen LogP contribution in [0.1, 0.15) is 0 Å². The zero-order valence-electron chi connectivity index (χ0n) is 6.33. The molecule has 6 heteroatoms. The van der Waals surface area contributed by atoms with E-state index >= 15 is 0 Å². The first-order valence-corrected chi connectivity index (χ1v) is 4.90. The first-order valence-electron chi connectivity index (χ1n) is 3.11. The van der Waals surface area contributed by atoms with Crippen molar-refractivity contribution in [3.05, 3.63) is 36.1 Å². The molecule has 1 rings (SSSR count). The van der Waals surface area contributed by atoms with Crippen LogP contribution in [0.4, 0.5) is 4.39 Å². The van der Waals surface area contributed by atoms with E-state index in [0.717, 1.165) is 12.1 Å². The van der Waals surface area contributed by atoms with Gasteiger partial charge in [-0.1, -0.05) is 11.6 Å². The largest absolute Gasteiger partial charge is 0.299 e. The van der Waals surface area contributed by atoms with Gasteiger partial charge in [0.15, 0.2) is 0 Å². The number of benzene rings is 1. The van der Waals surface area contributed by atoms with Crippen molar-refractivity contribution >= 4 is 21.7 Å². The molecule has 1 aromatic rings. The second kappa shape index (κ2) is 3.61. The lowest BCUT2D eigenvalue weighted by molar-refractivity contribution is 0.431. The second-order valence-corrected chi connectivity index (χ2v) is 4.17. The molecule has 0 fully saturated rings. The van der Waals surface area contributed by atoms with Crippen molar-refractivity contribution in [3.63, 3.8) is 0 Å². The van der Waals surface area contributed by atoms with Gasteiger partial charge in [-0.2, -0.15) is 8.42 Å². The van der Waals surface area contributed by atoms with E-state index in [1.54, 1.807) is 0 Å². The summed E-state index contributed by atoms with van der Waals surface area (Å²) in [5, 5.41) is 0.112. The Morgan fingerprint density at radius 3 is 2.54 bits per heavy atom.